The number of piperazine rings is 1. The molecule has 0 saturated carbocycles. The van der Waals surface area contributed by atoms with Crippen LogP contribution in [0.3, 0.4) is 0 Å². The molecule has 1 aromatic rings. The average Bonchev–Trinajstić information content (AvgIpc) is 2.38. The van der Waals surface area contributed by atoms with Crippen molar-refractivity contribution in [3.8, 4) is 0 Å². The number of hydrogen-bond acceptors (Lipinski definition) is 4. The van der Waals surface area contributed by atoms with Crippen molar-refractivity contribution >= 4 is 23.2 Å². The topological polar surface area (TPSA) is 78.7 Å². The summed E-state index contributed by atoms with van der Waals surface area (Å²) in [6, 6.07) is 5.42. The van der Waals surface area contributed by atoms with Gasteiger partial charge in [0, 0.05) is 31.5 Å². The highest BCUT2D eigenvalue weighted by Gasteiger charge is 2.22. The van der Waals surface area contributed by atoms with Crippen LogP contribution < -0.4 is 11.1 Å². The predicted octanol–water partition coefficient (Wildman–Crippen LogP) is 0.290. The van der Waals surface area contributed by atoms with Crippen LogP contribution in [-0.2, 0) is 9.59 Å². The average molecular weight is 276 g/mol. The van der Waals surface area contributed by atoms with Gasteiger partial charge in [-0.3, -0.25) is 14.5 Å². The first kappa shape index (κ1) is 14.3. The Balaban J connectivity index is 1.89. The number of nitrogens with two attached hydrogens (primary N) is 1. The molecule has 1 aliphatic heterocycles. The molecule has 1 saturated heterocycles. The van der Waals surface area contributed by atoms with Gasteiger partial charge in [-0.2, -0.15) is 0 Å². The summed E-state index contributed by atoms with van der Waals surface area (Å²) in [6.07, 6.45) is 0. The van der Waals surface area contributed by atoms with E-state index in [9.17, 15) is 9.59 Å². The van der Waals surface area contributed by atoms with Crippen molar-refractivity contribution in [3.05, 3.63) is 23.8 Å². The number of aryl methyl sites for hydroxylation is 1. The maximum Gasteiger partial charge on any atom is 0.238 e. The van der Waals surface area contributed by atoms with Crippen molar-refractivity contribution in [3.63, 3.8) is 0 Å². The van der Waals surface area contributed by atoms with Gasteiger partial charge in [-0.05, 0) is 24.6 Å². The Hall–Kier alpha value is -2.08. The van der Waals surface area contributed by atoms with Crippen LogP contribution in [0.4, 0.5) is 11.4 Å². The summed E-state index contributed by atoms with van der Waals surface area (Å²) in [5, 5.41) is 2.80. The molecular weight excluding hydrogens is 256 g/mol. The predicted molar refractivity (Wildman–Crippen MR) is 78.3 cm³/mol. The van der Waals surface area contributed by atoms with E-state index in [-0.39, 0.29) is 18.4 Å². The third kappa shape index (κ3) is 3.48. The van der Waals surface area contributed by atoms with Gasteiger partial charge in [-0.1, -0.05) is 6.07 Å². The second kappa shape index (κ2) is 5.92. The molecule has 2 rings (SSSR count). The number of nitrogen functional groups attached to an aromatic ring is 1. The Bertz CT molecular complexity index is 530. The van der Waals surface area contributed by atoms with E-state index < -0.39 is 0 Å². The molecule has 0 aromatic heterocycles. The number of nitrogens with one attached hydrogen (secondary N) is 1. The third-order valence-electron chi connectivity index (χ3n) is 3.47. The smallest absolute Gasteiger partial charge is 0.238 e. The normalized spacial score (nSPS) is 16.3. The molecule has 1 aliphatic rings. The lowest BCUT2D eigenvalue weighted by atomic mass is 10.2. The molecule has 108 valence electrons. The Morgan fingerprint density at radius 3 is 2.80 bits per heavy atom. The zero-order valence-electron chi connectivity index (χ0n) is 11.8. The summed E-state index contributed by atoms with van der Waals surface area (Å²) in [7, 11) is 1.77. The Kier molecular flexibility index (Phi) is 4.24. The summed E-state index contributed by atoms with van der Waals surface area (Å²) in [4.78, 5) is 27.0. The van der Waals surface area contributed by atoms with Crippen LogP contribution in [0, 0.1) is 6.92 Å². The highest BCUT2D eigenvalue weighted by Crippen LogP contribution is 2.16. The number of rotatable bonds is 3. The summed E-state index contributed by atoms with van der Waals surface area (Å²) in [6.45, 7) is 3.79. The standard InChI is InChI=1S/C14H20N4O2/c1-10-3-4-11(7-12(10)15)16-13(19)8-18-6-5-17(2)14(20)9-18/h3-4,7H,5-6,8-9,15H2,1-2H3,(H,16,19). The van der Waals surface area contributed by atoms with Gasteiger partial charge in [-0.15, -0.1) is 0 Å². The highest BCUT2D eigenvalue weighted by atomic mass is 16.2. The first-order chi connectivity index (χ1) is 9.45. The fraction of sp³-hybridized carbons (Fsp3) is 0.429. The lowest BCUT2D eigenvalue weighted by molar-refractivity contribution is -0.135. The van der Waals surface area contributed by atoms with E-state index in [0.29, 0.717) is 31.0 Å². The maximum absolute atomic E-state index is 11.9. The van der Waals surface area contributed by atoms with Gasteiger partial charge in [0.25, 0.3) is 0 Å². The highest BCUT2D eigenvalue weighted by molar-refractivity contribution is 5.93. The number of nitrogens with zero attached hydrogens (tertiary/aromatic N) is 2. The molecule has 0 aliphatic carbocycles. The largest absolute Gasteiger partial charge is 0.398 e. The van der Waals surface area contributed by atoms with Crippen molar-refractivity contribution in [1.29, 1.82) is 0 Å². The third-order valence-corrected chi connectivity index (χ3v) is 3.47. The van der Waals surface area contributed by atoms with Crippen LogP contribution >= 0.6 is 0 Å². The summed E-state index contributed by atoms with van der Waals surface area (Å²) in [5.41, 5.74) is 8.11. The van der Waals surface area contributed by atoms with Gasteiger partial charge < -0.3 is 16.0 Å². The van der Waals surface area contributed by atoms with Crippen molar-refractivity contribution in [2.24, 2.45) is 0 Å². The molecule has 1 aromatic carbocycles. The van der Waals surface area contributed by atoms with Crippen molar-refractivity contribution in [2.45, 2.75) is 6.92 Å². The van der Waals surface area contributed by atoms with Crippen LogP contribution in [0.15, 0.2) is 18.2 Å². The van der Waals surface area contributed by atoms with E-state index in [2.05, 4.69) is 5.32 Å². The molecule has 0 spiro atoms. The van der Waals surface area contributed by atoms with Crippen LogP contribution in [0.5, 0.6) is 0 Å². The van der Waals surface area contributed by atoms with Crippen LogP contribution in [0.1, 0.15) is 5.56 Å². The minimum atomic E-state index is -0.134. The fourth-order valence-electron chi connectivity index (χ4n) is 2.06. The van der Waals surface area contributed by atoms with E-state index in [1.54, 1.807) is 18.0 Å². The minimum absolute atomic E-state index is 0.0450. The molecule has 1 fully saturated rings. The molecule has 20 heavy (non-hydrogen) atoms. The molecule has 6 nitrogen and oxygen atoms in total. The van der Waals surface area contributed by atoms with Crippen LogP contribution in [0.25, 0.3) is 0 Å². The lowest BCUT2D eigenvalue weighted by Gasteiger charge is -2.31. The number of benzene rings is 1. The van der Waals surface area contributed by atoms with E-state index >= 15 is 0 Å². The van der Waals surface area contributed by atoms with Gasteiger partial charge in [0.15, 0.2) is 0 Å². The zero-order valence-corrected chi connectivity index (χ0v) is 11.8. The number of carbonyl (C=O) groups excluding carboxylic acids is 2. The molecule has 0 bridgehead atoms. The second-order valence-corrected chi connectivity index (χ2v) is 5.15. The lowest BCUT2D eigenvalue weighted by Crippen LogP contribution is -2.50. The molecule has 2 amide bonds. The van der Waals surface area contributed by atoms with Gasteiger partial charge in [0.05, 0.1) is 13.1 Å². The van der Waals surface area contributed by atoms with Gasteiger partial charge in [0.2, 0.25) is 11.8 Å². The second-order valence-electron chi connectivity index (χ2n) is 5.15. The Morgan fingerprint density at radius 2 is 2.15 bits per heavy atom. The summed E-state index contributed by atoms with van der Waals surface area (Å²) in [5.74, 6) is -0.0887. The van der Waals surface area contributed by atoms with E-state index in [1.165, 1.54) is 0 Å². The van der Waals surface area contributed by atoms with Gasteiger partial charge >= 0.3 is 0 Å². The minimum Gasteiger partial charge on any atom is -0.398 e. The van der Waals surface area contributed by atoms with Crippen molar-refractivity contribution in [2.75, 3.05) is 44.3 Å². The summed E-state index contributed by atoms with van der Waals surface area (Å²) < 4.78 is 0. The number of carbonyl (C=O) groups is 2. The molecule has 3 N–H and O–H groups in total. The maximum atomic E-state index is 11.9. The number of likely N-dealkylation sites (N-methyl/N-ethyl adjacent to an activating group) is 1. The molecule has 0 unspecified atom stereocenters. The number of anilines is 2. The zero-order chi connectivity index (χ0) is 14.7. The van der Waals surface area contributed by atoms with Crippen LogP contribution in [-0.4, -0.2) is 54.8 Å². The molecular formula is C14H20N4O2. The van der Waals surface area contributed by atoms with Crippen LogP contribution in [0.2, 0.25) is 0 Å². The molecule has 1 heterocycles. The van der Waals surface area contributed by atoms with Gasteiger partial charge in [-0.25, -0.2) is 0 Å². The van der Waals surface area contributed by atoms with E-state index in [1.807, 2.05) is 24.0 Å². The quantitative estimate of drug-likeness (QED) is 0.778. The summed E-state index contributed by atoms with van der Waals surface area (Å²) >= 11 is 0. The monoisotopic (exact) mass is 276 g/mol. The number of amides is 2. The fourth-order valence-corrected chi connectivity index (χ4v) is 2.06. The molecule has 0 atom stereocenters. The Labute approximate surface area is 118 Å². The molecule has 0 radical (unpaired) electrons. The van der Waals surface area contributed by atoms with Crippen molar-refractivity contribution < 1.29 is 9.59 Å². The molecule has 6 heteroatoms. The SMILES string of the molecule is Cc1ccc(NC(=O)CN2CCN(C)C(=O)C2)cc1N. The van der Waals surface area contributed by atoms with Gasteiger partial charge in [0.1, 0.15) is 0 Å². The Morgan fingerprint density at radius 1 is 1.40 bits per heavy atom. The first-order valence-corrected chi connectivity index (χ1v) is 6.58. The first-order valence-electron chi connectivity index (χ1n) is 6.58. The van der Waals surface area contributed by atoms with E-state index in [4.69, 9.17) is 5.73 Å². The van der Waals surface area contributed by atoms with E-state index in [0.717, 1.165) is 5.56 Å². The number of hydrogen-bond donors (Lipinski definition) is 2. The van der Waals surface area contributed by atoms with Crippen molar-refractivity contribution in [1.82, 2.24) is 9.80 Å².